The molecule has 0 spiro atoms. The SMILES string of the molecule is C[C@@H](N)C(=O)NCC(C)(C)c1ccccc1Cl. The second-order valence-corrected chi connectivity index (χ2v) is 5.28. The van der Waals surface area contributed by atoms with Crippen molar-refractivity contribution in [1.29, 1.82) is 0 Å². The second kappa shape index (κ2) is 5.52. The fraction of sp³-hybridized carbons (Fsp3) is 0.462. The summed E-state index contributed by atoms with van der Waals surface area (Å²) in [7, 11) is 0. The Balaban J connectivity index is 2.76. The largest absolute Gasteiger partial charge is 0.354 e. The van der Waals surface area contributed by atoms with E-state index in [0.717, 1.165) is 5.56 Å². The molecule has 3 N–H and O–H groups in total. The molecule has 0 aromatic heterocycles. The van der Waals surface area contributed by atoms with Crippen molar-refractivity contribution in [2.75, 3.05) is 6.54 Å². The topological polar surface area (TPSA) is 55.1 Å². The molecule has 0 radical (unpaired) electrons. The van der Waals surface area contributed by atoms with Crippen molar-refractivity contribution in [3.8, 4) is 0 Å². The first kappa shape index (κ1) is 14.0. The third kappa shape index (κ3) is 3.72. The molecule has 1 aromatic carbocycles. The summed E-state index contributed by atoms with van der Waals surface area (Å²) in [6.45, 7) is 6.25. The fourth-order valence-corrected chi connectivity index (χ4v) is 1.97. The van der Waals surface area contributed by atoms with Gasteiger partial charge in [-0.25, -0.2) is 0 Å². The number of carbonyl (C=O) groups is 1. The Kier molecular flexibility index (Phi) is 4.54. The van der Waals surface area contributed by atoms with E-state index in [-0.39, 0.29) is 11.3 Å². The van der Waals surface area contributed by atoms with Gasteiger partial charge in [-0.1, -0.05) is 43.6 Å². The van der Waals surface area contributed by atoms with Crippen molar-refractivity contribution in [1.82, 2.24) is 5.32 Å². The van der Waals surface area contributed by atoms with Crippen LogP contribution in [0.1, 0.15) is 26.3 Å². The van der Waals surface area contributed by atoms with Crippen LogP contribution in [0, 0.1) is 0 Å². The normalized spacial score (nSPS) is 13.2. The van der Waals surface area contributed by atoms with Crippen LogP contribution in [0.25, 0.3) is 0 Å². The lowest BCUT2D eigenvalue weighted by Gasteiger charge is -2.27. The van der Waals surface area contributed by atoms with Gasteiger partial charge in [0.1, 0.15) is 0 Å². The predicted octanol–water partition coefficient (Wildman–Crippen LogP) is 2.08. The molecule has 17 heavy (non-hydrogen) atoms. The van der Waals surface area contributed by atoms with E-state index >= 15 is 0 Å². The number of nitrogens with two attached hydrogens (primary N) is 1. The number of nitrogens with one attached hydrogen (secondary N) is 1. The molecule has 1 atom stereocenters. The van der Waals surface area contributed by atoms with Crippen LogP contribution in [-0.2, 0) is 10.2 Å². The van der Waals surface area contributed by atoms with E-state index in [1.54, 1.807) is 6.92 Å². The highest BCUT2D eigenvalue weighted by atomic mass is 35.5. The van der Waals surface area contributed by atoms with Crippen LogP contribution >= 0.6 is 11.6 Å². The number of hydrogen-bond acceptors (Lipinski definition) is 2. The van der Waals surface area contributed by atoms with Crippen molar-refractivity contribution in [2.24, 2.45) is 5.73 Å². The average molecular weight is 255 g/mol. The molecule has 0 fully saturated rings. The molecular weight excluding hydrogens is 236 g/mol. The van der Waals surface area contributed by atoms with E-state index in [2.05, 4.69) is 5.32 Å². The molecular formula is C13H19ClN2O. The van der Waals surface area contributed by atoms with E-state index in [9.17, 15) is 4.79 Å². The number of benzene rings is 1. The quantitative estimate of drug-likeness (QED) is 0.865. The van der Waals surface area contributed by atoms with Crippen molar-refractivity contribution in [2.45, 2.75) is 32.2 Å². The Bertz CT molecular complexity index is 402. The fourth-order valence-electron chi connectivity index (χ4n) is 1.57. The van der Waals surface area contributed by atoms with Crippen molar-refractivity contribution in [3.63, 3.8) is 0 Å². The standard InChI is InChI=1S/C13H19ClN2O/c1-9(15)12(17)16-8-13(2,3)10-6-4-5-7-11(10)14/h4-7,9H,8,15H2,1-3H3,(H,16,17)/t9-/m1/s1. The third-order valence-corrected chi connectivity index (χ3v) is 3.05. The van der Waals surface area contributed by atoms with Crippen LogP contribution in [-0.4, -0.2) is 18.5 Å². The predicted molar refractivity (Wildman–Crippen MR) is 71.1 cm³/mol. The Labute approximate surface area is 107 Å². The molecule has 0 saturated heterocycles. The first-order valence-electron chi connectivity index (χ1n) is 5.63. The highest BCUT2D eigenvalue weighted by molar-refractivity contribution is 6.31. The van der Waals surface area contributed by atoms with Gasteiger partial charge in [0.2, 0.25) is 5.91 Å². The lowest BCUT2D eigenvalue weighted by Crippen LogP contribution is -2.43. The van der Waals surface area contributed by atoms with Gasteiger partial charge in [0.05, 0.1) is 6.04 Å². The molecule has 0 aliphatic heterocycles. The summed E-state index contributed by atoms with van der Waals surface area (Å²) in [5, 5.41) is 3.54. The molecule has 0 unspecified atom stereocenters. The van der Waals surface area contributed by atoms with Gasteiger partial charge in [0, 0.05) is 17.0 Å². The summed E-state index contributed by atoms with van der Waals surface area (Å²) >= 11 is 6.15. The Morgan fingerprint density at radius 2 is 2.06 bits per heavy atom. The molecule has 1 aromatic rings. The molecule has 94 valence electrons. The molecule has 0 aliphatic carbocycles. The highest BCUT2D eigenvalue weighted by Gasteiger charge is 2.24. The first-order chi connectivity index (χ1) is 7.84. The molecule has 0 saturated carbocycles. The summed E-state index contributed by atoms with van der Waals surface area (Å²) in [4.78, 5) is 11.4. The van der Waals surface area contributed by atoms with Crippen molar-refractivity contribution >= 4 is 17.5 Å². The Morgan fingerprint density at radius 3 is 2.59 bits per heavy atom. The van der Waals surface area contributed by atoms with Crippen LogP contribution in [0.4, 0.5) is 0 Å². The van der Waals surface area contributed by atoms with E-state index in [1.807, 2.05) is 38.1 Å². The zero-order valence-corrected chi connectivity index (χ0v) is 11.2. The van der Waals surface area contributed by atoms with Gasteiger partial charge in [0.15, 0.2) is 0 Å². The molecule has 0 bridgehead atoms. The molecule has 0 heterocycles. The third-order valence-electron chi connectivity index (χ3n) is 2.72. The maximum atomic E-state index is 11.4. The van der Waals surface area contributed by atoms with Gasteiger partial charge < -0.3 is 11.1 Å². The van der Waals surface area contributed by atoms with E-state index in [1.165, 1.54) is 0 Å². The summed E-state index contributed by atoms with van der Waals surface area (Å²) in [5.74, 6) is -0.148. The van der Waals surface area contributed by atoms with Gasteiger partial charge in [-0.15, -0.1) is 0 Å². The number of rotatable bonds is 4. The van der Waals surface area contributed by atoms with Crippen molar-refractivity contribution in [3.05, 3.63) is 34.9 Å². The van der Waals surface area contributed by atoms with Crippen molar-refractivity contribution < 1.29 is 4.79 Å². The van der Waals surface area contributed by atoms with E-state index in [0.29, 0.717) is 11.6 Å². The van der Waals surface area contributed by atoms with Crippen LogP contribution in [0.3, 0.4) is 0 Å². The average Bonchev–Trinajstić information content (AvgIpc) is 2.26. The zero-order chi connectivity index (χ0) is 13.1. The number of amides is 1. The van der Waals surface area contributed by atoms with Crippen LogP contribution in [0.5, 0.6) is 0 Å². The lowest BCUT2D eigenvalue weighted by molar-refractivity contribution is -0.122. The number of carbonyl (C=O) groups excluding carboxylic acids is 1. The zero-order valence-electron chi connectivity index (χ0n) is 10.5. The first-order valence-corrected chi connectivity index (χ1v) is 6.00. The minimum atomic E-state index is -0.489. The van der Waals surface area contributed by atoms with Gasteiger partial charge in [0.25, 0.3) is 0 Å². The van der Waals surface area contributed by atoms with Crippen LogP contribution < -0.4 is 11.1 Å². The van der Waals surface area contributed by atoms with Gasteiger partial charge in [-0.2, -0.15) is 0 Å². The molecule has 3 nitrogen and oxygen atoms in total. The maximum Gasteiger partial charge on any atom is 0.236 e. The lowest BCUT2D eigenvalue weighted by atomic mass is 9.84. The summed E-state index contributed by atoms with van der Waals surface area (Å²) in [6.07, 6.45) is 0. The molecule has 0 aliphatic rings. The number of halogens is 1. The summed E-state index contributed by atoms with van der Waals surface area (Å²) in [6, 6.07) is 7.17. The highest BCUT2D eigenvalue weighted by Crippen LogP contribution is 2.28. The Morgan fingerprint density at radius 1 is 1.47 bits per heavy atom. The monoisotopic (exact) mass is 254 g/mol. The van der Waals surface area contributed by atoms with E-state index < -0.39 is 6.04 Å². The maximum absolute atomic E-state index is 11.4. The minimum Gasteiger partial charge on any atom is -0.354 e. The summed E-state index contributed by atoms with van der Waals surface area (Å²) < 4.78 is 0. The number of hydrogen-bond donors (Lipinski definition) is 2. The molecule has 4 heteroatoms. The molecule has 1 amide bonds. The van der Waals surface area contributed by atoms with Crippen LogP contribution in [0.2, 0.25) is 5.02 Å². The molecule has 1 rings (SSSR count). The second-order valence-electron chi connectivity index (χ2n) is 4.87. The smallest absolute Gasteiger partial charge is 0.236 e. The van der Waals surface area contributed by atoms with E-state index in [4.69, 9.17) is 17.3 Å². The van der Waals surface area contributed by atoms with Gasteiger partial charge in [-0.05, 0) is 18.6 Å². The van der Waals surface area contributed by atoms with Gasteiger partial charge in [-0.3, -0.25) is 4.79 Å². The minimum absolute atomic E-state index is 0.148. The van der Waals surface area contributed by atoms with Crippen LogP contribution in [0.15, 0.2) is 24.3 Å². The van der Waals surface area contributed by atoms with Gasteiger partial charge >= 0.3 is 0 Å². The Hall–Kier alpha value is -1.06. The summed E-state index contributed by atoms with van der Waals surface area (Å²) in [5.41, 5.74) is 6.30.